The lowest BCUT2D eigenvalue weighted by atomic mass is 10.1. The lowest BCUT2D eigenvalue weighted by Crippen LogP contribution is -2.34. The molecule has 0 aliphatic heterocycles. The first-order chi connectivity index (χ1) is 8.33. The van der Waals surface area contributed by atoms with Crippen LogP contribution in [0.2, 0.25) is 0 Å². The smallest absolute Gasteiger partial charge is 0.225 e. The SMILES string of the molecule is CCN(C(C)=O)c1nc(CSCC(C)(C)N)cs1. The van der Waals surface area contributed by atoms with Gasteiger partial charge in [0.1, 0.15) is 0 Å². The van der Waals surface area contributed by atoms with E-state index in [2.05, 4.69) is 4.98 Å². The van der Waals surface area contributed by atoms with Crippen molar-refractivity contribution in [1.82, 2.24) is 4.98 Å². The summed E-state index contributed by atoms with van der Waals surface area (Å²) in [6.07, 6.45) is 0. The summed E-state index contributed by atoms with van der Waals surface area (Å²) in [5.41, 5.74) is 6.79. The van der Waals surface area contributed by atoms with Crippen LogP contribution >= 0.6 is 23.1 Å². The lowest BCUT2D eigenvalue weighted by Gasteiger charge is -2.17. The van der Waals surface area contributed by atoms with E-state index in [4.69, 9.17) is 5.73 Å². The molecule has 18 heavy (non-hydrogen) atoms. The minimum Gasteiger partial charge on any atom is -0.325 e. The molecule has 0 radical (unpaired) electrons. The van der Waals surface area contributed by atoms with Crippen molar-refractivity contribution in [3.8, 4) is 0 Å². The number of rotatable bonds is 6. The van der Waals surface area contributed by atoms with Crippen LogP contribution in [0.15, 0.2) is 5.38 Å². The fourth-order valence-electron chi connectivity index (χ4n) is 1.40. The fraction of sp³-hybridized carbons (Fsp3) is 0.667. The Balaban J connectivity index is 2.55. The van der Waals surface area contributed by atoms with Crippen LogP contribution in [0.25, 0.3) is 0 Å². The predicted molar refractivity (Wildman–Crippen MR) is 80.2 cm³/mol. The van der Waals surface area contributed by atoms with Crippen LogP contribution in [0, 0.1) is 0 Å². The zero-order chi connectivity index (χ0) is 13.8. The van der Waals surface area contributed by atoms with Gasteiger partial charge in [-0.15, -0.1) is 11.3 Å². The first-order valence-electron chi connectivity index (χ1n) is 5.92. The van der Waals surface area contributed by atoms with Gasteiger partial charge in [-0.1, -0.05) is 0 Å². The van der Waals surface area contributed by atoms with Crippen molar-refractivity contribution in [1.29, 1.82) is 0 Å². The van der Waals surface area contributed by atoms with E-state index in [1.165, 1.54) is 11.3 Å². The standard InChI is InChI=1S/C12H21N3OS2/c1-5-15(9(2)16)11-14-10(7-18-11)6-17-8-12(3,4)13/h7H,5-6,8,13H2,1-4H3. The maximum Gasteiger partial charge on any atom is 0.225 e. The van der Waals surface area contributed by atoms with Crippen LogP contribution in [-0.4, -0.2) is 28.7 Å². The molecule has 1 amide bonds. The maximum absolute atomic E-state index is 11.4. The molecule has 1 aromatic rings. The molecule has 102 valence electrons. The van der Waals surface area contributed by atoms with Crippen molar-refractivity contribution in [2.75, 3.05) is 17.2 Å². The first kappa shape index (κ1) is 15.5. The van der Waals surface area contributed by atoms with E-state index in [1.54, 1.807) is 23.6 Å². The quantitative estimate of drug-likeness (QED) is 0.873. The molecule has 1 aromatic heterocycles. The second-order valence-corrected chi connectivity index (χ2v) is 6.69. The average Bonchev–Trinajstić information content (AvgIpc) is 2.65. The number of thiazole rings is 1. The third-order valence-corrected chi connectivity index (χ3v) is 4.55. The number of anilines is 1. The number of aromatic nitrogens is 1. The van der Waals surface area contributed by atoms with Crippen molar-refractivity contribution in [2.24, 2.45) is 5.73 Å². The van der Waals surface area contributed by atoms with E-state index in [1.807, 2.05) is 26.2 Å². The van der Waals surface area contributed by atoms with Gasteiger partial charge in [0.2, 0.25) is 5.91 Å². The highest BCUT2D eigenvalue weighted by atomic mass is 32.2. The molecule has 1 rings (SSSR count). The number of hydrogen-bond donors (Lipinski definition) is 1. The summed E-state index contributed by atoms with van der Waals surface area (Å²) in [5.74, 6) is 1.77. The molecular formula is C12H21N3OS2. The van der Waals surface area contributed by atoms with Gasteiger partial charge >= 0.3 is 0 Å². The Labute approximate surface area is 117 Å². The molecule has 6 heteroatoms. The van der Waals surface area contributed by atoms with E-state index in [9.17, 15) is 4.79 Å². The van der Waals surface area contributed by atoms with Crippen LogP contribution in [0.3, 0.4) is 0 Å². The van der Waals surface area contributed by atoms with E-state index in [0.717, 1.165) is 22.3 Å². The van der Waals surface area contributed by atoms with Crippen LogP contribution in [-0.2, 0) is 10.5 Å². The minimum atomic E-state index is -0.154. The summed E-state index contributed by atoms with van der Waals surface area (Å²) in [7, 11) is 0. The fourth-order valence-corrected chi connectivity index (χ4v) is 3.42. The average molecular weight is 287 g/mol. The molecule has 0 aliphatic rings. The molecule has 0 spiro atoms. The monoisotopic (exact) mass is 287 g/mol. The van der Waals surface area contributed by atoms with Gasteiger partial charge in [0, 0.05) is 35.9 Å². The Morgan fingerprint density at radius 3 is 2.78 bits per heavy atom. The molecule has 2 N–H and O–H groups in total. The Bertz CT molecular complexity index is 398. The molecular weight excluding hydrogens is 266 g/mol. The highest BCUT2D eigenvalue weighted by Gasteiger charge is 2.14. The second-order valence-electron chi connectivity index (χ2n) is 4.87. The highest BCUT2D eigenvalue weighted by molar-refractivity contribution is 7.98. The van der Waals surface area contributed by atoms with Gasteiger partial charge in [-0.2, -0.15) is 11.8 Å². The summed E-state index contributed by atoms with van der Waals surface area (Å²) in [6.45, 7) is 8.21. The zero-order valence-electron chi connectivity index (χ0n) is 11.4. The molecule has 0 unspecified atom stereocenters. The second kappa shape index (κ2) is 6.54. The summed E-state index contributed by atoms with van der Waals surface area (Å²) < 4.78 is 0. The molecule has 0 saturated heterocycles. The van der Waals surface area contributed by atoms with Crippen molar-refractivity contribution in [3.63, 3.8) is 0 Å². The third-order valence-electron chi connectivity index (χ3n) is 2.19. The molecule has 0 fully saturated rings. The number of hydrogen-bond acceptors (Lipinski definition) is 5. The van der Waals surface area contributed by atoms with Gasteiger partial charge in [-0.25, -0.2) is 4.98 Å². The van der Waals surface area contributed by atoms with Crippen molar-refractivity contribution >= 4 is 34.1 Å². The summed E-state index contributed by atoms with van der Waals surface area (Å²) >= 11 is 3.29. The number of carbonyl (C=O) groups excluding carboxylic acids is 1. The van der Waals surface area contributed by atoms with Crippen LogP contribution in [0.1, 0.15) is 33.4 Å². The lowest BCUT2D eigenvalue weighted by molar-refractivity contribution is -0.116. The Morgan fingerprint density at radius 1 is 1.61 bits per heavy atom. The predicted octanol–water partition coefficient (Wildman–Crippen LogP) is 2.49. The number of thioether (sulfide) groups is 1. The van der Waals surface area contributed by atoms with Gasteiger partial charge in [-0.05, 0) is 20.8 Å². The summed E-state index contributed by atoms with van der Waals surface area (Å²) in [4.78, 5) is 17.6. The number of nitrogens with zero attached hydrogens (tertiary/aromatic N) is 2. The Morgan fingerprint density at radius 2 is 2.28 bits per heavy atom. The van der Waals surface area contributed by atoms with Crippen LogP contribution < -0.4 is 10.6 Å². The van der Waals surface area contributed by atoms with E-state index in [0.29, 0.717) is 6.54 Å². The van der Waals surface area contributed by atoms with E-state index >= 15 is 0 Å². The van der Waals surface area contributed by atoms with Crippen molar-refractivity contribution < 1.29 is 4.79 Å². The highest BCUT2D eigenvalue weighted by Crippen LogP contribution is 2.24. The van der Waals surface area contributed by atoms with Gasteiger partial charge in [0.05, 0.1) is 5.69 Å². The van der Waals surface area contributed by atoms with E-state index < -0.39 is 0 Å². The largest absolute Gasteiger partial charge is 0.325 e. The molecule has 0 bridgehead atoms. The maximum atomic E-state index is 11.4. The zero-order valence-corrected chi connectivity index (χ0v) is 13.0. The Hall–Kier alpha value is -0.590. The van der Waals surface area contributed by atoms with Crippen molar-refractivity contribution in [2.45, 2.75) is 39.0 Å². The number of nitrogens with two attached hydrogens (primary N) is 1. The van der Waals surface area contributed by atoms with Crippen LogP contribution in [0.4, 0.5) is 5.13 Å². The van der Waals surface area contributed by atoms with Gasteiger partial charge in [-0.3, -0.25) is 9.69 Å². The number of amides is 1. The molecule has 1 heterocycles. The third kappa shape index (κ3) is 4.96. The molecule has 0 aromatic carbocycles. The molecule has 0 aliphatic carbocycles. The van der Waals surface area contributed by atoms with Crippen LogP contribution in [0.5, 0.6) is 0 Å². The normalized spacial score (nSPS) is 11.6. The van der Waals surface area contributed by atoms with Crippen molar-refractivity contribution in [3.05, 3.63) is 11.1 Å². The minimum absolute atomic E-state index is 0.0362. The molecule has 4 nitrogen and oxygen atoms in total. The molecule has 0 saturated carbocycles. The first-order valence-corrected chi connectivity index (χ1v) is 7.96. The summed E-state index contributed by atoms with van der Waals surface area (Å²) in [6, 6.07) is 0. The Kier molecular flexibility index (Phi) is 5.62. The van der Waals surface area contributed by atoms with E-state index in [-0.39, 0.29) is 11.4 Å². The van der Waals surface area contributed by atoms with Gasteiger partial charge < -0.3 is 5.73 Å². The number of carbonyl (C=O) groups is 1. The van der Waals surface area contributed by atoms with Gasteiger partial charge in [0.15, 0.2) is 5.13 Å². The topological polar surface area (TPSA) is 59.2 Å². The molecule has 0 atom stereocenters. The van der Waals surface area contributed by atoms with Gasteiger partial charge in [0.25, 0.3) is 0 Å². The summed E-state index contributed by atoms with van der Waals surface area (Å²) in [5, 5.41) is 2.80.